The summed E-state index contributed by atoms with van der Waals surface area (Å²) in [5.74, 6) is -3.75. The highest BCUT2D eigenvalue weighted by Crippen LogP contribution is 2.20. The van der Waals surface area contributed by atoms with Gasteiger partial charge in [0.05, 0.1) is 13.2 Å². The van der Waals surface area contributed by atoms with Gasteiger partial charge in [-0.1, -0.05) is 0 Å². The lowest BCUT2D eigenvalue weighted by Crippen LogP contribution is -2.31. The average Bonchev–Trinajstić information content (AvgIpc) is 2.56. The largest absolute Gasteiger partial charge is 0.505 e. The number of hydrogen-bond acceptors (Lipinski definition) is 8. The van der Waals surface area contributed by atoms with Gasteiger partial charge in [0.15, 0.2) is 11.9 Å². The first-order valence-corrected chi connectivity index (χ1v) is 4.39. The van der Waals surface area contributed by atoms with Gasteiger partial charge >= 0.3 is 11.9 Å². The first kappa shape index (κ1) is 15.2. The second-order valence-corrected chi connectivity index (χ2v) is 2.91. The molecule has 0 amide bonds. The van der Waals surface area contributed by atoms with Crippen LogP contribution < -0.4 is 5.73 Å². The summed E-state index contributed by atoms with van der Waals surface area (Å²) in [5.41, 5.74) is 4.57. The van der Waals surface area contributed by atoms with Gasteiger partial charge in [-0.3, -0.25) is 4.79 Å². The smallest absolute Gasteiger partial charge is 0.377 e. The van der Waals surface area contributed by atoms with Gasteiger partial charge in [-0.05, 0) is 0 Å². The van der Waals surface area contributed by atoms with Crippen LogP contribution in [0.5, 0.6) is 0 Å². The van der Waals surface area contributed by atoms with Crippen molar-refractivity contribution in [3.05, 3.63) is 11.5 Å². The van der Waals surface area contributed by atoms with E-state index in [0.29, 0.717) is 0 Å². The number of carboxylic acids is 1. The summed E-state index contributed by atoms with van der Waals surface area (Å²) in [5, 5.41) is 42.6. The van der Waals surface area contributed by atoms with Gasteiger partial charge in [0, 0.05) is 0 Å². The van der Waals surface area contributed by atoms with Crippen molar-refractivity contribution in [2.75, 3.05) is 13.2 Å². The highest BCUT2D eigenvalue weighted by molar-refractivity contribution is 5.89. The van der Waals surface area contributed by atoms with Gasteiger partial charge in [-0.2, -0.15) is 0 Å². The zero-order valence-electron chi connectivity index (χ0n) is 8.61. The summed E-state index contributed by atoms with van der Waals surface area (Å²) in [6.07, 6.45) is -2.78. The topological polar surface area (TPSA) is 171 Å². The van der Waals surface area contributed by atoms with Crippen LogP contribution in [-0.4, -0.2) is 62.8 Å². The fraction of sp³-hybridized carbons (Fsp3) is 0.500. The van der Waals surface area contributed by atoms with Crippen LogP contribution in [0.2, 0.25) is 0 Å². The maximum atomic E-state index is 10.5. The fourth-order valence-electron chi connectivity index (χ4n) is 0.823. The monoisotopic (exact) mass is 251 g/mol. The number of carbonyl (C=O) groups excluding carboxylic acids is 1. The van der Waals surface area contributed by atoms with Crippen LogP contribution in [0.4, 0.5) is 0 Å². The van der Waals surface area contributed by atoms with E-state index in [1.807, 2.05) is 0 Å². The van der Waals surface area contributed by atoms with Crippen molar-refractivity contribution in [3.63, 3.8) is 0 Å². The Morgan fingerprint density at radius 1 is 1.47 bits per heavy atom. The molecule has 0 radical (unpaired) electrons. The molecule has 9 nitrogen and oxygen atoms in total. The molecule has 2 atom stereocenters. The van der Waals surface area contributed by atoms with Crippen LogP contribution in [0, 0.1) is 0 Å². The van der Waals surface area contributed by atoms with Crippen molar-refractivity contribution < 1.29 is 39.9 Å². The van der Waals surface area contributed by atoms with E-state index >= 15 is 0 Å². The second kappa shape index (κ2) is 6.68. The van der Waals surface area contributed by atoms with E-state index < -0.39 is 42.3 Å². The van der Waals surface area contributed by atoms with E-state index in [2.05, 4.69) is 10.5 Å². The zero-order chi connectivity index (χ0) is 13.6. The number of aliphatic hydroxyl groups excluding tert-OH is 4. The van der Waals surface area contributed by atoms with E-state index in [9.17, 15) is 9.59 Å². The Morgan fingerprint density at radius 2 is 1.94 bits per heavy atom. The molecule has 0 saturated carbocycles. The third-order valence-corrected chi connectivity index (χ3v) is 1.65. The molecule has 17 heavy (non-hydrogen) atoms. The minimum atomic E-state index is -1.42. The Morgan fingerprint density at radius 3 is 2.18 bits per heavy atom. The van der Waals surface area contributed by atoms with Crippen molar-refractivity contribution in [1.82, 2.24) is 0 Å². The number of hydrogen-bond donors (Lipinski definition) is 6. The van der Waals surface area contributed by atoms with Gasteiger partial charge in [0.2, 0.25) is 5.76 Å². The molecule has 2 unspecified atom stereocenters. The Bertz CT molecular complexity index is 325. The Hall–Kier alpha value is -1.84. The summed E-state index contributed by atoms with van der Waals surface area (Å²) >= 11 is 0. The van der Waals surface area contributed by atoms with Gasteiger partial charge in [-0.25, -0.2) is 4.79 Å². The Balaban J connectivity index is 0.000000437. The molecular formula is C8H13NO8. The fourth-order valence-corrected chi connectivity index (χ4v) is 0.823. The summed E-state index contributed by atoms with van der Waals surface area (Å²) in [4.78, 5) is 19.8. The van der Waals surface area contributed by atoms with Crippen molar-refractivity contribution in [2.45, 2.75) is 12.2 Å². The lowest BCUT2D eigenvalue weighted by atomic mass is 10.2. The van der Waals surface area contributed by atoms with Gasteiger partial charge in [0.25, 0.3) is 0 Å². The van der Waals surface area contributed by atoms with Crippen LogP contribution in [0.3, 0.4) is 0 Å². The lowest BCUT2D eigenvalue weighted by Gasteiger charge is -2.13. The summed E-state index contributed by atoms with van der Waals surface area (Å²) < 4.78 is 4.32. The minimum absolute atomic E-state index is 0.278. The lowest BCUT2D eigenvalue weighted by molar-refractivity contribution is -0.147. The second-order valence-electron chi connectivity index (χ2n) is 2.91. The SMILES string of the molecule is NCC(=O)O.O=C1OC(C(O)CO)C(O)=C1O. The molecule has 0 aromatic carbocycles. The Labute approximate surface area is 95.4 Å². The van der Waals surface area contributed by atoms with Crippen molar-refractivity contribution in [1.29, 1.82) is 0 Å². The van der Waals surface area contributed by atoms with Crippen molar-refractivity contribution in [2.24, 2.45) is 5.73 Å². The van der Waals surface area contributed by atoms with Crippen LogP contribution in [0.25, 0.3) is 0 Å². The molecule has 1 heterocycles. The van der Waals surface area contributed by atoms with E-state index in [1.54, 1.807) is 0 Å². The third-order valence-electron chi connectivity index (χ3n) is 1.65. The predicted molar refractivity (Wildman–Crippen MR) is 51.9 cm³/mol. The molecule has 0 spiro atoms. The number of aliphatic hydroxyl groups is 4. The normalized spacial score (nSPS) is 20.4. The maximum Gasteiger partial charge on any atom is 0.377 e. The van der Waals surface area contributed by atoms with Crippen molar-refractivity contribution >= 4 is 11.9 Å². The molecule has 0 saturated heterocycles. The van der Waals surface area contributed by atoms with Crippen LogP contribution in [0.15, 0.2) is 11.5 Å². The standard InChI is InChI=1S/C6H8O6.C2H5NO2/c7-1-2(8)5-3(9)4(10)6(11)12-5;3-1-2(4)5/h2,5,7-10H,1H2;1,3H2,(H,4,5). The van der Waals surface area contributed by atoms with Crippen LogP contribution >= 0.6 is 0 Å². The van der Waals surface area contributed by atoms with E-state index in [1.165, 1.54) is 0 Å². The third kappa shape index (κ3) is 4.26. The molecular weight excluding hydrogens is 238 g/mol. The highest BCUT2D eigenvalue weighted by Gasteiger charge is 2.38. The van der Waals surface area contributed by atoms with Crippen LogP contribution in [-0.2, 0) is 14.3 Å². The van der Waals surface area contributed by atoms with Crippen molar-refractivity contribution in [3.8, 4) is 0 Å². The number of carbonyl (C=O) groups is 2. The summed E-state index contributed by atoms with van der Waals surface area (Å²) in [6.45, 7) is -0.949. The molecule has 0 bridgehead atoms. The molecule has 7 N–H and O–H groups in total. The number of nitrogens with two attached hydrogens (primary N) is 1. The number of esters is 1. The minimum Gasteiger partial charge on any atom is -0.505 e. The number of carboxylic acid groups (broad SMARTS) is 1. The quantitative estimate of drug-likeness (QED) is 0.300. The van der Waals surface area contributed by atoms with Gasteiger partial charge in [0.1, 0.15) is 6.10 Å². The Kier molecular flexibility index (Phi) is 5.96. The number of cyclic esters (lactones) is 1. The molecule has 1 aliphatic heterocycles. The van der Waals surface area contributed by atoms with E-state index in [-0.39, 0.29) is 6.54 Å². The molecule has 0 fully saturated rings. The van der Waals surface area contributed by atoms with Crippen LogP contribution in [0.1, 0.15) is 0 Å². The molecule has 0 aliphatic carbocycles. The number of aliphatic carboxylic acids is 1. The molecule has 1 aliphatic rings. The maximum absolute atomic E-state index is 10.5. The first-order valence-electron chi connectivity index (χ1n) is 4.39. The molecule has 1 rings (SSSR count). The van der Waals surface area contributed by atoms with E-state index in [0.717, 1.165) is 0 Å². The molecule has 0 aromatic rings. The molecule has 98 valence electrons. The van der Waals surface area contributed by atoms with Gasteiger partial charge in [-0.15, -0.1) is 0 Å². The first-order chi connectivity index (χ1) is 7.84. The van der Waals surface area contributed by atoms with Gasteiger partial charge < -0.3 is 36.0 Å². The number of rotatable bonds is 3. The molecule has 0 aromatic heterocycles. The van der Waals surface area contributed by atoms with E-state index in [4.69, 9.17) is 25.5 Å². The predicted octanol–water partition coefficient (Wildman–Crippen LogP) is -2.38. The molecule has 9 heteroatoms. The average molecular weight is 251 g/mol. The highest BCUT2D eigenvalue weighted by atomic mass is 16.6. The summed E-state index contributed by atoms with van der Waals surface area (Å²) in [6, 6.07) is 0. The summed E-state index contributed by atoms with van der Waals surface area (Å²) in [7, 11) is 0. The number of ether oxygens (including phenoxy) is 1. The zero-order valence-corrected chi connectivity index (χ0v) is 8.61.